The standard InChI is InChI=1S/C23H23O5P/c1-17-12-13-29(16-17,19-9-4-3-5-10-19)21(23(26)27-2)14-22(25)28-20-11-7-6-8-18(20)15-24/h3-11,14-16,21H,12-13H2,1-2H3/b22-14+. The Bertz CT molecular complexity index is 951. The fourth-order valence-electron chi connectivity index (χ4n) is 3.62. The van der Waals surface area contributed by atoms with E-state index in [9.17, 15) is 14.7 Å². The Kier molecular flexibility index (Phi) is 6.50. The zero-order valence-corrected chi connectivity index (χ0v) is 17.3. The van der Waals surface area contributed by atoms with Crippen LogP contribution in [0, 0.1) is 0 Å². The minimum absolute atomic E-state index is 0.164. The molecule has 1 aliphatic rings. The van der Waals surface area contributed by atoms with Crippen molar-refractivity contribution in [2.75, 3.05) is 13.3 Å². The Labute approximate surface area is 171 Å². The van der Waals surface area contributed by atoms with E-state index in [0.29, 0.717) is 6.29 Å². The lowest BCUT2D eigenvalue weighted by Gasteiger charge is -2.27. The van der Waals surface area contributed by atoms with Gasteiger partial charge in [0.25, 0.3) is 0 Å². The normalized spacial score (nSPS) is 19.9. The molecule has 2 aromatic carbocycles. The number of ether oxygens (including phenoxy) is 2. The quantitative estimate of drug-likeness (QED) is 0.303. The van der Waals surface area contributed by atoms with Crippen LogP contribution < -0.4 is 15.1 Å². The number of carbonyl (C=O) groups excluding carboxylic acids is 2. The number of esters is 1. The van der Waals surface area contributed by atoms with Crippen molar-refractivity contribution in [2.45, 2.75) is 19.0 Å². The highest BCUT2D eigenvalue weighted by Crippen LogP contribution is 2.68. The summed E-state index contributed by atoms with van der Waals surface area (Å²) in [5.74, 6) is 1.18. The molecule has 3 rings (SSSR count). The summed E-state index contributed by atoms with van der Waals surface area (Å²) >= 11 is 0. The summed E-state index contributed by atoms with van der Waals surface area (Å²) in [6, 6.07) is 16.3. The number of benzene rings is 2. The van der Waals surface area contributed by atoms with Gasteiger partial charge in [0.2, 0.25) is 0 Å². The lowest BCUT2D eigenvalue weighted by atomic mass is 10.2. The SMILES string of the molecule is COC(=O)C(/C=C(\[O-])Oc1ccccc1C=O)[P+]1(c2ccccc2)C=C(C)CC1. The fraction of sp³-hybridized carbons (Fsp3) is 0.217. The predicted octanol–water partition coefficient (Wildman–Crippen LogP) is 3.27. The number of rotatable bonds is 7. The van der Waals surface area contributed by atoms with Crippen LogP contribution in [0.1, 0.15) is 23.7 Å². The molecule has 5 nitrogen and oxygen atoms in total. The number of carbonyl (C=O) groups is 2. The van der Waals surface area contributed by atoms with E-state index in [4.69, 9.17) is 9.47 Å². The van der Waals surface area contributed by atoms with Gasteiger partial charge in [0, 0.05) is 17.7 Å². The van der Waals surface area contributed by atoms with Crippen LogP contribution in [0.5, 0.6) is 5.75 Å². The van der Waals surface area contributed by atoms with E-state index in [2.05, 4.69) is 5.82 Å². The number of hydrogen-bond donors (Lipinski definition) is 0. The summed E-state index contributed by atoms with van der Waals surface area (Å²) in [6.07, 6.45) is 3.59. The molecule has 6 heteroatoms. The molecule has 0 aliphatic carbocycles. The molecule has 0 amide bonds. The Hall–Kier alpha value is -2.91. The summed E-state index contributed by atoms with van der Waals surface area (Å²) < 4.78 is 10.5. The Balaban J connectivity index is 2.04. The second-order valence-corrected chi connectivity index (χ2v) is 10.6. The molecule has 29 heavy (non-hydrogen) atoms. The Morgan fingerprint density at radius 1 is 1.14 bits per heavy atom. The molecule has 0 fully saturated rings. The zero-order valence-electron chi connectivity index (χ0n) is 16.4. The van der Waals surface area contributed by atoms with Crippen LogP contribution in [0.15, 0.2) is 78.0 Å². The molecule has 2 atom stereocenters. The van der Waals surface area contributed by atoms with Gasteiger partial charge >= 0.3 is 5.97 Å². The molecule has 2 aromatic rings. The summed E-state index contributed by atoms with van der Waals surface area (Å²) in [7, 11) is -0.854. The van der Waals surface area contributed by atoms with Gasteiger partial charge in [0.1, 0.15) is 0 Å². The average molecular weight is 410 g/mol. The van der Waals surface area contributed by atoms with Crippen LogP contribution in [-0.4, -0.2) is 31.2 Å². The highest BCUT2D eigenvalue weighted by atomic mass is 31.2. The number of methoxy groups -OCH3 is 1. The molecule has 0 saturated carbocycles. The zero-order chi connectivity index (χ0) is 20.9. The molecular weight excluding hydrogens is 387 g/mol. The van der Waals surface area contributed by atoms with Crippen LogP contribution in [-0.2, 0) is 9.53 Å². The lowest BCUT2D eigenvalue weighted by Crippen LogP contribution is -2.31. The first-order valence-corrected chi connectivity index (χ1v) is 11.4. The largest absolute Gasteiger partial charge is 0.579 e. The first kappa shape index (κ1) is 20.8. The second-order valence-electron chi connectivity index (χ2n) is 6.93. The predicted molar refractivity (Wildman–Crippen MR) is 113 cm³/mol. The molecule has 2 unspecified atom stereocenters. The van der Waals surface area contributed by atoms with Crippen LogP contribution in [0.4, 0.5) is 0 Å². The van der Waals surface area contributed by atoms with Gasteiger partial charge in [0.15, 0.2) is 11.9 Å². The highest BCUT2D eigenvalue weighted by Gasteiger charge is 2.52. The van der Waals surface area contributed by atoms with Crippen molar-refractivity contribution in [1.82, 2.24) is 0 Å². The van der Waals surface area contributed by atoms with Crippen molar-refractivity contribution < 1.29 is 24.2 Å². The number of hydrogen-bond acceptors (Lipinski definition) is 5. The minimum Gasteiger partial charge on any atom is -0.579 e. The molecule has 150 valence electrons. The maximum absolute atomic E-state index is 12.8. The summed E-state index contributed by atoms with van der Waals surface area (Å²) in [4.78, 5) is 24.0. The van der Waals surface area contributed by atoms with E-state index in [0.717, 1.165) is 17.9 Å². The van der Waals surface area contributed by atoms with E-state index in [1.807, 2.05) is 37.3 Å². The maximum atomic E-state index is 12.8. The van der Waals surface area contributed by atoms with E-state index >= 15 is 0 Å². The smallest absolute Gasteiger partial charge is 0.351 e. The topological polar surface area (TPSA) is 75.7 Å². The third-order valence-corrected chi connectivity index (χ3v) is 9.53. The molecule has 0 saturated heterocycles. The van der Waals surface area contributed by atoms with Crippen molar-refractivity contribution in [3.8, 4) is 5.75 Å². The number of allylic oxidation sites excluding steroid dienone is 1. The summed E-state index contributed by atoms with van der Waals surface area (Å²) in [6.45, 7) is 2.04. The third kappa shape index (κ3) is 4.41. The van der Waals surface area contributed by atoms with Gasteiger partial charge in [-0.2, -0.15) is 0 Å². The van der Waals surface area contributed by atoms with Gasteiger partial charge in [-0.05, 0) is 36.8 Å². The van der Waals surface area contributed by atoms with E-state index in [-0.39, 0.29) is 11.3 Å². The van der Waals surface area contributed by atoms with Crippen LogP contribution >= 0.6 is 7.26 Å². The van der Waals surface area contributed by atoms with Gasteiger partial charge in [-0.1, -0.05) is 36.4 Å². The Morgan fingerprint density at radius 3 is 2.45 bits per heavy atom. The van der Waals surface area contributed by atoms with Crippen molar-refractivity contribution in [3.05, 3.63) is 83.6 Å². The van der Waals surface area contributed by atoms with Crippen molar-refractivity contribution >= 4 is 24.8 Å². The van der Waals surface area contributed by atoms with Gasteiger partial charge in [-0.3, -0.25) is 4.79 Å². The number of aldehydes is 1. The lowest BCUT2D eigenvalue weighted by molar-refractivity contribution is -0.342. The van der Waals surface area contributed by atoms with Crippen molar-refractivity contribution in [2.24, 2.45) is 0 Å². The molecule has 0 bridgehead atoms. The second kappa shape index (κ2) is 9.06. The van der Waals surface area contributed by atoms with Gasteiger partial charge < -0.3 is 14.6 Å². The van der Waals surface area contributed by atoms with Gasteiger partial charge in [-0.25, -0.2) is 4.79 Å². The van der Waals surface area contributed by atoms with E-state index in [1.54, 1.807) is 24.3 Å². The monoisotopic (exact) mass is 410 g/mol. The maximum Gasteiger partial charge on any atom is 0.351 e. The van der Waals surface area contributed by atoms with Crippen LogP contribution in [0.3, 0.4) is 0 Å². The van der Waals surface area contributed by atoms with Crippen LogP contribution in [0.2, 0.25) is 0 Å². The minimum atomic E-state index is -2.18. The molecule has 0 aromatic heterocycles. The Morgan fingerprint density at radius 2 is 1.83 bits per heavy atom. The number of para-hydroxylation sites is 1. The first-order valence-electron chi connectivity index (χ1n) is 9.30. The van der Waals surface area contributed by atoms with E-state index in [1.165, 1.54) is 18.8 Å². The van der Waals surface area contributed by atoms with Gasteiger partial charge in [-0.15, -0.1) is 0 Å². The van der Waals surface area contributed by atoms with Crippen molar-refractivity contribution in [1.29, 1.82) is 0 Å². The van der Waals surface area contributed by atoms with Gasteiger partial charge in [0.05, 0.1) is 37.6 Å². The molecule has 0 radical (unpaired) electrons. The van der Waals surface area contributed by atoms with E-state index < -0.39 is 24.8 Å². The van der Waals surface area contributed by atoms with Crippen molar-refractivity contribution in [3.63, 3.8) is 0 Å². The molecule has 0 N–H and O–H groups in total. The summed E-state index contributed by atoms with van der Waals surface area (Å²) in [5, 5.41) is 13.8. The fourth-order valence-corrected chi connectivity index (χ4v) is 8.16. The third-order valence-electron chi connectivity index (χ3n) is 5.05. The molecule has 1 heterocycles. The molecular formula is C23H23O5P. The average Bonchev–Trinajstić information content (AvgIpc) is 3.15. The highest BCUT2D eigenvalue weighted by molar-refractivity contribution is 7.87. The van der Waals surface area contributed by atoms with Crippen LogP contribution in [0.25, 0.3) is 0 Å². The first-order chi connectivity index (χ1) is 14.0. The molecule has 0 spiro atoms. The summed E-state index contributed by atoms with van der Waals surface area (Å²) in [5.41, 5.74) is 0.723. The molecule has 1 aliphatic heterocycles.